The number of carbonyl (C=O) groups excluding carboxylic acids is 2. The molecule has 0 fully saturated rings. The summed E-state index contributed by atoms with van der Waals surface area (Å²) in [4.78, 5) is 23.4. The van der Waals surface area contributed by atoms with Crippen molar-refractivity contribution in [2.24, 2.45) is 0 Å². The number of para-hydroxylation sites is 1. The zero-order valence-electron chi connectivity index (χ0n) is 15.7. The van der Waals surface area contributed by atoms with Gasteiger partial charge in [-0.1, -0.05) is 29.8 Å². The molecule has 0 unspecified atom stereocenters. The lowest BCUT2D eigenvalue weighted by molar-refractivity contribution is -0.115. The number of benzene rings is 3. The fourth-order valence-electron chi connectivity index (χ4n) is 2.55. The average molecular weight is 410 g/mol. The SMILES string of the molecule is CC(=O)Nc1ccc(Cl)c(NCC(=O)Nc2ccc(Oc3ccccc3)cc2)c1. The molecule has 2 amide bonds. The molecule has 0 aliphatic heterocycles. The van der Waals surface area contributed by atoms with E-state index >= 15 is 0 Å². The summed E-state index contributed by atoms with van der Waals surface area (Å²) in [6, 6.07) is 21.6. The number of carbonyl (C=O) groups is 2. The fourth-order valence-corrected chi connectivity index (χ4v) is 2.74. The Morgan fingerprint density at radius 2 is 1.52 bits per heavy atom. The topological polar surface area (TPSA) is 79.5 Å². The molecule has 0 saturated carbocycles. The van der Waals surface area contributed by atoms with E-state index in [-0.39, 0.29) is 18.4 Å². The third-order valence-electron chi connectivity index (χ3n) is 3.84. The lowest BCUT2D eigenvalue weighted by Gasteiger charge is -2.11. The number of hydrogen-bond donors (Lipinski definition) is 3. The van der Waals surface area contributed by atoms with E-state index in [4.69, 9.17) is 16.3 Å². The van der Waals surface area contributed by atoms with E-state index in [0.29, 0.717) is 27.8 Å². The second-order valence-corrected chi connectivity index (χ2v) is 6.62. The molecule has 0 aliphatic carbocycles. The molecule has 3 aromatic rings. The Labute approximate surface area is 173 Å². The zero-order chi connectivity index (χ0) is 20.6. The van der Waals surface area contributed by atoms with Gasteiger partial charge in [0.2, 0.25) is 11.8 Å². The third kappa shape index (κ3) is 6.26. The van der Waals surface area contributed by atoms with Gasteiger partial charge in [0, 0.05) is 18.3 Å². The van der Waals surface area contributed by atoms with Crippen LogP contribution in [0.25, 0.3) is 0 Å². The van der Waals surface area contributed by atoms with Crippen LogP contribution >= 0.6 is 11.6 Å². The third-order valence-corrected chi connectivity index (χ3v) is 4.17. The molecule has 3 rings (SSSR count). The van der Waals surface area contributed by atoms with Crippen molar-refractivity contribution in [2.75, 3.05) is 22.5 Å². The summed E-state index contributed by atoms with van der Waals surface area (Å²) in [5, 5.41) is 8.90. The molecule has 0 radical (unpaired) electrons. The first kappa shape index (κ1) is 20.2. The second kappa shape index (κ2) is 9.61. The lowest BCUT2D eigenvalue weighted by atomic mass is 10.2. The Morgan fingerprint density at radius 1 is 0.862 bits per heavy atom. The van der Waals surface area contributed by atoms with Gasteiger partial charge in [0.1, 0.15) is 11.5 Å². The van der Waals surface area contributed by atoms with Gasteiger partial charge in [0.15, 0.2) is 0 Å². The summed E-state index contributed by atoms with van der Waals surface area (Å²) in [6.45, 7) is 1.44. The Bertz CT molecular complexity index is 992. The summed E-state index contributed by atoms with van der Waals surface area (Å²) in [5.41, 5.74) is 1.80. The molecule has 0 heterocycles. The van der Waals surface area contributed by atoms with E-state index < -0.39 is 0 Å². The Hall–Kier alpha value is -3.51. The van der Waals surface area contributed by atoms with Crippen LogP contribution in [-0.4, -0.2) is 18.4 Å². The highest BCUT2D eigenvalue weighted by atomic mass is 35.5. The standard InChI is InChI=1S/C22H20ClN3O3/c1-15(27)25-17-9-12-20(23)21(13-17)24-14-22(28)26-16-7-10-19(11-8-16)29-18-5-3-2-4-6-18/h2-13,24H,14H2,1H3,(H,25,27)(H,26,28). The summed E-state index contributed by atoms with van der Waals surface area (Å²) < 4.78 is 5.73. The largest absolute Gasteiger partial charge is 0.457 e. The summed E-state index contributed by atoms with van der Waals surface area (Å²) in [7, 11) is 0. The smallest absolute Gasteiger partial charge is 0.243 e. The first-order valence-corrected chi connectivity index (χ1v) is 9.31. The number of ether oxygens (including phenoxy) is 1. The maximum Gasteiger partial charge on any atom is 0.243 e. The van der Waals surface area contributed by atoms with Gasteiger partial charge in [-0.25, -0.2) is 0 Å². The minimum Gasteiger partial charge on any atom is -0.457 e. The Kier molecular flexibility index (Phi) is 6.71. The van der Waals surface area contributed by atoms with Crippen LogP contribution in [0.15, 0.2) is 72.8 Å². The van der Waals surface area contributed by atoms with E-state index in [9.17, 15) is 9.59 Å². The minimum atomic E-state index is -0.234. The van der Waals surface area contributed by atoms with Crippen molar-refractivity contribution in [2.45, 2.75) is 6.92 Å². The van der Waals surface area contributed by atoms with Crippen LogP contribution in [0, 0.1) is 0 Å². The molecular formula is C22H20ClN3O3. The molecule has 7 heteroatoms. The predicted octanol–water partition coefficient (Wildman–Crippen LogP) is 5.14. The van der Waals surface area contributed by atoms with Crippen LogP contribution in [0.2, 0.25) is 5.02 Å². The van der Waals surface area contributed by atoms with Crippen molar-refractivity contribution >= 4 is 40.5 Å². The van der Waals surface area contributed by atoms with Crippen LogP contribution in [0.5, 0.6) is 11.5 Å². The number of amides is 2. The molecule has 0 saturated heterocycles. The van der Waals surface area contributed by atoms with Crippen LogP contribution in [0.1, 0.15) is 6.92 Å². The van der Waals surface area contributed by atoms with Gasteiger partial charge in [-0.3, -0.25) is 9.59 Å². The van der Waals surface area contributed by atoms with E-state index in [2.05, 4.69) is 16.0 Å². The van der Waals surface area contributed by atoms with Gasteiger partial charge in [0.05, 0.1) is 17.3 Å². The number of nitrogens with one attached hydrogen (secondary N) is 3. The molecule has 6 nitrogen and oxygen atoms in total. The van der Waals surface area contributed by atoms with Gasteiger partial charge >= 0.3 is 0 Å². The average Bonchev–Trinajstić information content (AvgIpc) is 2.70. The highest BCUT2D eigenvalue weighted by Gasteiger charge is 2.07. The van der Waals surface area contributed by atoms with Crippen molar-refractivity contribution < 1.29 is 14.3 Å². The molecular weight excluding hydrogens is 390 g/mol. The van der Waals surface area contributed by atoms with Gasteiger partial charge in [-0.05, 0) is 54.6 Å². The molecule has 3 aromatic carbocycles. The molecule has 0 spiro atoms. The first-order chi connectivity index (χ1) is 14.0. The summed E-state index contributed by atoms with van der Waals surface area (Å²) in [5.74, 6) is 0.999. The minimum absolute atomic E-state index is 0.0194. The quantitative estimate of drug-likeness (QED) is 0.504. The molecule has 0 aromatic heterocycles. The number of anilines is 3. The maximum atomic E-state index is 12.2. The van der Waals surface area contributed by atoms with Crippen molar-refractivity contribution in [1.29, 1.82) is 0 Å². The molecule has 29 heavy (non-hydrogen) atoms. The Morgan fingerprint density at radius 3 is 2.21 bits per heavy atom. The van der Waals surface area contributed by atoms with Gasteiger partial charge in [-0.2, -0.15) is 0 Å². The molecule has 0 bridgehead atoms. The second-order valence-electron chi connectivity index (χ2n) is 6.22. The van der Waals surface area contributed by atoms with E-state index in [1.165, 1.54) is 6.92 Å². The van der Waals surface area contributed by atoms with E-state index in [0.717, 1.165) is 5.75 Å². The van der Waals surface area contributed by atoms with Crippen LogP contribution in [0.3, 0.4) is 0 Å². The van der Waals surface area contributed by atoms with Crippen LogP contribution in [0.4, 0.5) is 17.1 Å². The van der Waals surface area contributed by atoms with Crippen LogP contribution in [-0.2, 0) is 9.59 Å². The lowest BCUT2D eigenvalue weighted by Crippen LogP contribution is -2.21. The fraction of sp³-hybridized carbons (Fsp3) is 0.0909. The highest BCUT2D eigenvalue weighted by Crippen LogP contribution is 2.26. The molecule has 0 atom stereocenters. The van der Waals surface area contributed by atoms with Crippen molar-refractivity contribution in [3.8, 4) is 11.5 Å². The van der Waals surface area contributed by atoms with Crippen molar-refractivity contribution in [3.05, 3.63) is 77.8 Å². The molecule has 0 aliphatic rings. The summed E-state index contributed by atoms with van der Waals surface area (Å²) >= 11 is 6.14. The van der Waals surface area contributed by atoms with Crippen LogP contribution < -0.4 is 20.7 Å². The highest BCUT2D eigenvalue weighted by molar-refractivity contribution is 6.33. The van der Waals surface area contributed by atoms with Gasteiger partial charge < -0.3 is 20.7 Å². The monoisotopic (exact) mass is 409 g/mol. The maximum absolute atomic E-state index is 12.2. The van der Waals surface area contributed by atoms with Crippen molar-refractivity contribution in [3.63, 3.8) is 0 Å². The van der Waals surface area contributed by atoms with E-state index in [1.807, 2.05) is 30.3 Å². The molecule has 148 valence electrons. The van der Waals surface area contributed by atoms with Gasteiger partial charge in [0.25, 0.3) is 0 Å². The van der Waals surface area contributed by atoms with E-state index in [1.54, 1.807) is 42.5 Å². The first-order valence-electron chi connectivity index (χ1n) is 8.93. The zero-order valence-corrected chi connectivity index (χ0v) is 16.5. The summed E-state index contributed by atoms with van der Waals surface area (Å²) in [6.07, 6.45) is 0. The number of halogens is 1. The van der Waals surface area contributed by atoms with Gasteiger partial charge in [-0.15, -0.1) is 0 Å². The predicted molar refractivity (Wildman–Crippen MR) is 116 cm³/mol. The normalized spacial score (nSPS) is 10.1. The number of rotatable bonds is 7. The van der Waals surface area contributed by atoms with Crippen molar-refractivity contribution in [1.82, 2.24) is 0 Å². The Balaban J connectivity index is 1.54. The molecule has 3 N–H and O–H groups in total. The number of hydrogen-bond acceptors (Lipinski definition) is 4.